The summed E-state index contributed by atoms with van der Waals surface area (Å²) in [4.78, 5) is 15.8. The Morgan fingerprint density at radius 3 is 2.38 bits per heavy atom. The first kappa shape index (κ1) is 18.5. The second kappa shape index (κ2) is 6.99. The summed E-state index contributed by atoms with van der Waals surface area (Å²) in [6, 6.07) is 5.11. The van der Waals surface area contributed by atoms with Crippen LogP contribution >= 0.6 is 23.2 Å². The van der Waals surface area contributed by atoms with Crippen molar-refractivity contribution >= 4 is 29.2 Å². The second-order valence-electron chi connectivity index (χ2n) is 5.20. The Hall–Kier alpha value is -1.79. The summed E-state index contributed by atoms with van der Waals surface area (Å²) in [5, 5.41) is -0.0252. The van der Waals surface area contributed by atoms with Gasteiger partial charge in [-0.25, -0.2) is 4.79 Å². The highest BCUT2D eigenvalue weighted by Gasteiger charge is 2.31. The quantitative estimate of drug-likeness (QED) is 0.649. The standard InChI is InChI=1S/C16H12Cl2F3NO2/c1-8(2)24-15(23)11-5-9(3-4-12(11)17)14-13(18)6-10(7-22-14)16(19,20)21/h3-8H,1-2H3. The van der Waals surface area contributed by atoms with Crippen LogP contribution in [0.15, 0.2) is 30.5 Å². The monoisotopic (exact) mass is 377 g/mol. The fraction of sp³-hybridized carbons (Fsp3) is 0.250. The van der Waals surface area contributed by atoms with Crippen molar-refractivity contribution in [3.63, 3.8) is 0 Å². The van der Waals surface area contributed by atoms with E-state index in [2.05, 4.69) is 4.98 Å². The van der Waals surface area contributed by atoms with Crippen LogP contribution in [-0.4, -0.2) is 17.1 Å². The maximum absolute atomic E-state index is 12.7. The number of benzene rings is 1. The molecule has 0 unspecified atom stereocenters. The van der Waals surface area contributed by atoms with Crippen LogP contribution in [0, 0.1) is 0 Å². The maximum Gasteiger partial charge on any atom is 0.417 e. The highest BCUT2D eigenvalue weighted by atomic mass is 35.5. The Balaban J connectivity index is 2.45. The van der Waals surface area contributed by atoms with E-state index in [-0.39, 0.29) is 27.4 Å². The molecule has 2 aromatic rings. The van der Waals surface area contributed by atoms with Crippen LogP contribution < -0.4 is 0 Å². The summed E-state index contributed by atoms with van der Waals surface area (Å²) < 4.78 is 43.1. The third-order valence-corrected chi connectivity index (χ3v) is 3.59. The van der Waals surface area contributed by atoms with E-state index in [0.29, 0.717) is 11.8 Å². The van der Waals surface area contributed by atoms with Gasteiger partial charge in [-0.2, -0.15) is 13.2 Å². The zero-order valence-electron chi connectivity index (χ0n) is 12.6. The van der Waals surface area contributed by atoms with Gasteiger partial charge in [0.25, 0.3) is 0 Å². The van der Waals surface area contributed by atoms with E-state index in [1.165, 1.54) is 18.2 Å². The van der Waals surface area contributed by atoms with Crippen LogP contribution in [0.1, 0.15) is 29.8 Å². The van der Waals surface area contributed by atoms with Crippen molar-refractivity contribution in [2.75, 3.05) is 0 Å². The number of esters is 1. The number of hydrogen-bond acceptors (Lipinski definition) is 3. The van der Waals surface area contributed by atoms with E-state index >= 15 is 0 Å². The molecule has 0 saturated carbocycles. The third-order valence-electron chi connectivity index (χ3n) is 2.97. The minimum absolute atomic E-state index is 0.0839. The Morgan fingerprint density at radius 2 is 1.83 bits per heavy atom. The van der Waals surface area contributed by atoms with Gasteiger partial charge in [0.05, 0.1) is 33.0 Å². The van der Waals surface area contributed by atoms with Gasteiger partial charge in [-0.1, -0.05) is 29.3 Å². The fourth-order valence-corrected chi connectivity index (χ4v) is 2.38. The van der Waals surface area contributed by atoms with Crippen molar-refractivity contribution in [2.45, 2.75) is 26.1 Å². The molecule has 0 N–H and O–H groups in total. The van der Waals surface area contributed by atoms with E-state index in [0.717, 1.165) is 6.07 Å². The molecule has 0 bridgehead atoms. The molecule has 0 saturated heterocycles. The highest BCUT2D eigenvalue weighted by molar-refractivity contribution is 6.34. The number of halogens is 5. The Labute approximate surface area is 146 Å². The lowest BCUT2D eigenvalue weighted by molar-refractivity contribution is -0.137. The minimum atomic E-state index is -4.54. The summed E-state index contributed by atoms with van der Waals surface area (Å²) in [5.74, 6) is -0.639. The number of aromatic nitrogens is 1. The van der Waals surface area contributed by atoms with Crippen LogP contribution in [-0.2, 0) is 10.9 Å². The molecule has 1 aromatic heterocycles. The van der Waals surface area contributed by atoms with Crippen molar-refractivity contribution in [1.29, 1.82) is 0 Å². The van der Waals surface area contributed by atoms with Gasteiger partial charge >= 0.3 is 12.1 Å². The van der Waals surface area contributed by atoms with Gasteiger partial charge in [0.15, 0.2) is 0 Å². The number of carbonyl (C=O) groups is 1. The average molecular weight is 378 g/mol. The summed E-state index contributed by atoms with van der Waals surface area (Å²) >= 11 is 11.9. The molecule has 128 valence electrons. The summed E-state index contributed by atoms with van der Waals surface area (Å²) in [6.45, 7) is 3.37. The molecule has 0 radical (unpaired) electrons. The molecule has 0 atom stereocenters. The van der Waals surface area contributed by atoms with Gasteiger partial charge in [0, 0.05) is 11.8 Å². The molecule has 0 aliphatic carbocycles. The van der Waals surface area contributed by atoms with Gasteiger partial charge in [0.2, 0.25) is 0 Å². The summed E-state index contributed by atoms with van der Waals surface area (Å²) in [7, 11) is 0. The average Bonchev–Trinajstić information content (AvgIpc) is 2.46. The summed E-state index contributed by atoms with van der Waals surface area (Å²) in [5.41, 5.74) is -0.404. The van der Waals surface area contributed by atoms with Crippen molar-refractivity contribution < 1.29 is 22.7 Å². The van der Waals surface area contributed by atoms with Gasteiger partial charge in [-0.15, -0.1) is 0 Å². The lowest BCUT2D eigenvalue weighted by Gasteiger charge is -2.12. The number of ether oxygens (including phenoxy) is 1. The van der Waals surface area contributed by atoms with Gasteiger partial charge in [-0.05, 0) is 32.0 Å². The zero-order valence-corrected chi connectivity index (χ0v) is 14.1. The van der Waals surface area contributed by atoms with E-state index in [1.54, 1.807) is 13.8 Å². The molecular weight excluding hydrogens is 366 g/mol. The van der Waals surface area contributed by atoms with Crippen molar-refractivity contribution in [2.24, 2.45) is 0 Å². The number of rotatable bonds is 3. The van der Waals surface area contributed by atoms with Crippen LogP contribution in [0.5, 0.6) is 0 Å². The molecule has 1 aromatic carbocycles. The fourth-order valence-electron chi connectivity index (χ4n) is 1.91. The predicted octanol–water partition coefficient (Wildman–Crippen LogP) is 5.64. The largest absolute Gasteiger partial charge is 0.459 e. The zero-order chi connectivity index (χ0) is 18.1. The first-order chi connectivity index (χ1) is 11.1. The van der Waals surface area contributed by atoms with Crippen molar-refractivity contribution in [3.8, 4) is 11.3 Å². The number of pyridine rings is 1. The lowest BCUT2D eigenvalue weighted by Crippen LogP contribution is -2.12. The van der Waals surface area contributed by atoms with Crippen LogP contribution in [0.4, 0.5) is 13.2 Å². The molecule has 0 spiro atoms. The number of carbonyl (C=O) groups excluding carboxylic acids is 1. The number of hydrogen-bond donors (Lipinski definition) is 0. The second-order valence-corrected chi connectivity index (χ2v) is 6.02. The van der Waals surface area contributed by atoms with E-state index < -0.39 is 17.7 Å². The molecule has 0 aliphatic heterocycles. The van der Waals surface area contributed by atoms with Crippen molar-refractivity contribution in [1.82, 2.24) is 4.98 Å². The van der Waals surface area contributed by atoms with E-state index in [9.17, 15) is 18.0 Å². The number of alkyl halides is 3. The van der Waals surface area contributed by atoms with Crippen LogP contribution in [0.2, 0.25) is 10.0 Å². The first-order valence-corrected chi connectivity index (χ1v) is 7.59. The molecule has 0 amide bonds. The van der Waals surface area contributed by atoms with Crippen LogP contribution in [0.25, 0.3) is 11.3 Å². The number of nitrogens with zero attached hydrogens (tertiary/aromatic N) is 1. The molecule has 3 nitrogen and oxygen atoms in total. The smallest absolute Gasteiger partial charge is 0.417 e. The van der Waals surface area contributed by atoms with E-state index in [1.807, 2.05) is 0 Å². The molecule has 0 fully saturated rings. The molecule has 24 heavy (non-hydrogen) atoms. The molecule has 2 rings (SSSR count). The van der Waals surface area contributed by atoms with Crippen molar-refractivity contribution in [3.05, 3.63) is 51.6 Å². The topological polar surface area (TPSA) is 39.2 Å². The van der Waals surface area contributed by atoms with Gasteiger partial charge in [-0.3, -0.25) is 4.98 Å². The Bertz CT molecular complexity index is 776. The first-order valence-electron chi connectivity index (χ1n) is 6.83. The third kappa shape index (κ3) is 4.19. The van der Waals surface area contributed by atoms with E-state index in [4.69, 9.17) is 27.9 Å². The SMILES string of the molecule is CC(C)OC(=O)c1cc(-c2ncc(C(F)(F)F)cc2Cl)ccc1Cl. The Morgan fingerprint density at radius 1 is 1.17 bits per heavy atom. The van der Waals surface area contributed by atoms with Crippen LogP contribution in [0.3, 0.4) is 0 Å². The molecular formula is C16H12Cl2F3NO2. The summed E-state index contributed by atoms with van der Waals surface area (Å²) in [6.07, 6.45) is -4.20. The van der Waals surface area contributed by atoms with Gasteiger partial charge in [0.1, 0.15) is 0 Å². The minimum Gasteiger partial charge on any atom is -0.459 e. The normalized spacial score (nSPS) is 11.7. The molecule has 8 heteroatoms. The van der Waals surface area contributed by atoms with Gasteiger partial charge < -0.3 is 4.74 Å². The highest BCUT2D eigenvalue weighted by Crippen LogP contribution is 2.35. The predicted molar refractivity (Wildman–Crippen MR) is 85.2 cm³/mol. The molecule has 1 heterocycles. The lowest BCUT2D eigenvalue weighted by atomic mass is 10.1. The maximum atomic E-state index is 12.7. The molecule has 0 aliphatic rings. The Kier molecular flexibility index (Phi) is 5.40.